The summed E-state index contributed by atoms with van der Waals surface area (Å²) < 4.78 is 26.4. The van der Waals surface area contributed by atoms with Gasteiger partial charge in [0.1, 0.15) is 0 Å². The molecule has 0 spiro atoms. The van der Waals surface area contributed by atoms with Gasteiger partial charge in [0.05, 0.1) is 11.3 Å². The lowest BCUT2D eigenvalue weighted by Gasteiger charge is -2.15. The highest BCUT2D eigenvalue weighted by Gasteiger charge is 2.26. The fourth-order valence-corrected chi connectivity index (χ4v) is 4.56. The van der Waals surface area contributed by atoms with Gasteiger partial charge < -0.3 is 5.32 Å². The van der Waals surface area contributed by atoms with E-state index >= 15 is 0 Å². The molecule has 1 fully saturated rings. The Hall–Kier alpha value is -1.89. The van der Waals surface area contributed by atoms with Crippen LogP contribution in [0.5, 0.6) is 0 Å². The summed E-state index contributed by atoms with van der Waals surface area (Å²) in [5, 5.41) is 3.35. The molecule has 0 bridgehead atoms. The Bertz CT molecular complexity index is 860. The average Bonchev–Trinajstić information content (AvgIpc) is 3.10. The van der Waals surface area contributed by atoms with Gasteiger partial charge in [0.2, 0.25) is 15.9 Å². The van der Waals surface area contributed by atoms with E-state index in [4.69, 9.17) is 11.6 Å². The SMILES string of the molecule is O=C(Cc1cccc(Cl)c1)Nc1ccc(S(=O)(=O)N2CCCC2)cc1. The summed E-state index contributed by atoms with van der Waals surface area (Å²) in [7, 11) is -3.43. The minimum atomic E-state index is -3.43. The Balaban J connectivity index is 1.65. The molecule has 1 heterocycles. The first-order chi connectivity index (χ1) is 11.9. The monoisotopic (exact) mass is 378 g/mol. The normalized spacial score (nSPS) is 15.2. The van der Waals surface area contributed by atoms with E-state index in [1.807, 2.05) is 6.07 Å². The van der Waals surface area contributed by atoms with Crippen molar-refractivity contribution in [2.75, 3.05) is 18.4 Å². The van der Waals surface area contributed by atoms with E-state index in [1.165, 1.54) is 16.4 Å². The predicted octanol–water partition coefficient (Wildman–Crippen LogP) is 3.31. The number of carbonyl (C=O) groups excluding carboxylic acids is 1. The first kappa shape index (κ1) is 17.9. The van der Waals surface area contributed by atoms with Crippen LogP contribution in [0.15, 0.2) is 53.4 Å². The third-order valence-corrected chi connectivity index (χ3v) is 6.24. The zero-order chi connectivity index (χ0) is 17.9. The van der Waals surface area contributed by atoms with Crippen molar-refractivity contribution in [1.82, 2.24) is 4.31 Å². The number of rotatable bonds is 5. The molecule has 2 aromatic carbocycles. The standard InChI is InChI=1S/C18H19ClN2O3S/c19-15-5-3-4-14(12-15)13-18(22)20-16-6-8-17(9-7-16)25(23,24)21-10-1-2-11-21/h3-9,12H,1-2,10-11,13H2,(H,20,22). The maximum atomic E-state index is 12.5. The van der Waals surface area contributed by atoms with Crippen LogP contribution >= 0.6 is 11.6 Å². The molecule has 1 N–H and O–H groups in total. The maximum Gasteiger partial charge on any atom is 0.243 e. The van der Waals surface area contributed by atoms with Crippen molar-refractivity contribution in [1.29, 1.82) is 0 Å². The number of nitrogens with zero attached hydrogens (tertiary/aromatic N) is 1. The third-order valence-electron chi connectivity index (χ3n) is 4.09. The average molecular weight is 379 g/mol. The van der Waals surface area contributed by atoms with E-state index in [9.17, 15) is 13.2 Å². The summed E-state index contributed by atoms with van der Waals surface area (Å²) in [6.07, 6.45) is 2.00. The van der Waals surface area contributed by atoms with Gasteiger partial charge in [-0.1, -0.05) is 23.7 Å². The van der Waals surface area contributed by atoms with Gasteiger partial charge in [-0.05, 0) is 54.8 Å². The van der Waals surface area contributed by atoms with Crippen LogP contribution < -0.4 is 5.32 Å². The smallest absolute Gasteiger partial charge is 0.243 e. The second kappa shape index (κ2) is 7.56. The zero-order valence-electron chi connectivity index (χ0n) is 13.6. The molecular formula is C18H19ClN2O3S. The van der Waals surface area contributed by atoms with Crippen LogP contribution in [0, 0.1) is 0 Å². The quantitative estimate of drug-likeness (QED) is 0.868. The second-order valence-corrected chi connectivity index (χ2v) is 8.36. The van der Waals surface area contributed by atoms with Crippen LogP contribution in [0.1, 0.15) is 18.4 Å². The predicted molar refractivity (Wildman–Crippen MR) is 98.2 cm³/mol. The molecule has 1 saturated heterocycles. The second-order valence-electron chi connectivity index (χ2n) is 5.99. The Morgan fingerprint density at radius 1 is 1.08 bits per heavy atom. The molecule has 0 unspecified atom stereocenters. The highest BCUT2D eigenvalue weighted by atomic mass is 35.5. The van der Waals surface area contributed by atoms with Crippen LogP contribution in [-0.4, -0.2) is 31.7 Å². The molecule has 3 rings (SSSR count). The molecular weight excluding hydrogens is 360 g/mol. The number of carbonyl (C=O) groups is 1. The summed E-state index contributed by atoms with van der Waals surface area (Å²) in [5.74, 6) is -0.183. The van der Waals surface area contributed by atoms with Crippen LogP contribution in [0.4, 0.5) is 5.69 Å². The van der Waals surface area contributed by atoms with Crippen molar-refractivity contribution in [3.8, 4) is 0 Å². The molecule has 7 heteroatoms. The molecule has 1 amide bonds. The summed E-state index contributed by atoms with van der Waals surface area (Å²) in [6.45, 7) is 1.14. The van der Waals surface area contributed by atoms with Crippen LogP contribution in [0.2, 0.25) is 5.02 Å². The molecule has 0 aliphatic carbocycles. The Morgan fingerprint density at radius 3 is 2.40 bits per heavy atom. The number of nitrogens with one attached hydrogen (secondary N) is 1. The lowest BCUT2D eigenvalue weighted by Crippen LogP contribution is -2.27. The molecule has 132 valence electrons. The fourth-order valence-electron chi connectivity index (χ4n) is 2.83. The van der Waals surface area contributed by atoms with Crippen LogP contribution in [-0.2, 0) is 21.2 Å². The van der Waals surface area contributed by atoms with E-state index in [2.05, 4.69) is 5.32 Å². The molecule has 1 aliphatic rings. The first-order valence-electron chi connectivity index (χ1n) is 8.10. The number of anilines is 1. The molecule has 2 aromatic rings. The topological polar surface area (TPSA) is 66.5 Å². The van der Waals surface area contributed by atoms with E-state index in [-0.39, 0.29) is 17.2 Å². The van der Waals surface area contributed by atoms with Gasteiger partial charge in [-0.25, -0.2) is 8.42 Å². The van der Waals surface area contributed by atoms with Crippen molar-refractivity contribution in [2.45, 2.75) is 24.2 Å². The highest BCUT2D eigenvalue weighted by molar-refractivity contribution is 7.89. The minimum Gasteiger partial charge on any atom is -0.326 e. The van der Waals surface area contributed by atoms with E-state index in [0.717, 1.165) is 18.4 Å². The third kappa shape index (κ3) is 4.39. The van der Waals surface area contributed by atoms with Gasteiger partial charge in [-0.15, -0.1) is 0 Å². The van der Waals surface area contributed by atoms with Crippen molar-refractivity contribution < 1.29 is 13.2 Å². The van der Waals surface area contributed by atoms with Crippen LogP contribution in [0.25, 0.3) is 0 Å². The van der Waals surface area contributed by atoms with Gasteiger partial charge >= 0.3 is 0 Å². The lowest BCUT2D eigenvalue weighted by molar-refractivity contribution is -0.115. The minimum absolute atomic E-state index is 0.183. The summed E-state index contributed by atoms with van der Waals surface area (Å²) in [5.41, 5.74) is 1.38. The molecule has 5 nitrogen and oxygen atoms in total. The highest BCUT2D eigenvalue weighted by Crippen LogP contribution is 2.22. The Kier molecular flexibility index (Phi) is 5.42. The van der Waals surface area contributed by atoms with Gasteiger partial charge in [-0.3, -0.25) is 4.79 Å². The zero-order valence-corrected chi connectivity index (χ0v) is 15.2. The Labute approximate surface area is 152 Å². The van der Waals surface area contributed by atoms with Crippen molar-refractivity contribution in [3.63, 3.8) is 0 Å². The van der Waals surface area contributed by atoms with E-state index in [1.54, 1.807) is 30.3 Å². The molecule has 1 aliphatic heterocycles. The van der Waals surface area contributed by atoms with Crippen molar-refractivity contribution >= 4 is 33.2 Å². The van der Waals surface area contributed by atoms with Crippen LogP contribution in [0.3, 0.4) is 0 Å². The number of amides is 1. The molecule has 0 atom stereocenters. The summed E-state index contributed by atoms with van der Waals surface area (Å²) in [6, 6.07) is 13.4. The van der Waals surface area contributed by atoms with Gasteiger partial charge in [0, 0.05) is 23.8 Å². The molecule has 0 saturated carbocycles. The van der Waals surface area contributed by atoms with E-state index < -0.39 is 10.0 Å². The molecule has 0 radical (unpaired) electrons. The largest absolute Gasteiger partial charge is 0.326 e. The summed E-state index contributed by atoms with van der Waals surface area (Å²) >= 11 is 5.91. The number of hydrogen-bond acceptors (Lipinski definition) is 3. The number of benzene rings is 2. The van der Waals surface area contributed by atoms with Gasteiger partial charge in [-0.2, -0.15) is 4.31 Å². The van der Waals surface area contributed by atoms with Gasteiger partial charge in [0.15, 0.2) is 0 Å². The Morgan fingerprint density at radius 2 is 1.76 bits per heavy atom. The van der Waals surface area contributed by atoms with Crippen molar-refractivity contribution in [3.05, 3.63) is 59.1 Å². The summed E-state index contributed by atoms with van der Waals surface area (Å²) in [4.78, 5) is 12.4. The van der Waals surface area contributed by atoms with Crippen molar-refractivity contribution in [2.24, 2.45) is 0 Å². The molecule has 0 aromatic heterocycles. The number of sulfonamides is 1. The van der Waals surface area contributed by atoms with E-state index in [0.29, 0.717) is 23.8 Å². The fraction of sp³-hybridized carbons (Fsp3) is 0.278. The van der Waals surface area contributed by atoms with Gasteiger partial charge in [0.25, 0.3) is 0 Å². The number of hydrogen-bond donors (Lipinski definition) is 1. The maximum absolute atomic E-state index is 12.5. The number of halogens is 1. The lowest BCUT2D eigenvalue weighted by atomic mass is 10.1. The first-order valence-corrected chi connectivity index (χ1v) is 9.91. The molecule has 25 heavy (non-hydrogen) atoms.